The number of hydrogen-bond donors (Lipinski definition) is 2. The van der Waals surface area contributed by atoms with Gasteiger partial charge in [0.15, 0.2) is 5.82 Å². The Balaban J connectivity index is 1.36. The summed E-state index contributed by atoms with van der Waals surface area (Å²) in [6.07, 6.45) is 2.31. The molecule has 6 nitrogen and oxygen atoms in total. The van der Waals surface area contributed by atoms with Gasteiger partial charge in [-0.1, -0.05) is 40.9 Å². The van der Waals surface area contributed by atoms with E-state index < -0.39 is 0 Å². The Kier molecular flexibility index (Phi) is 7.58. The molecule has 4 rings (SSSR count). The number of nitrogens with one attached hydrogen (secondary N) is 2. The molecule has 168 valence electrons. The molecule has 0 radical (unpaired) electrons. The summed E-state index contributed by atoms with van der Waals surface area (Å²) in [7, 11) is 2.16. The van der Waals surface area contributed by atoms with Crippen LogP contribution >= 0.6 is 34.8 Å². The minimum Gasteiger partial charge on any atom is -0.369 e. The summed E-state index contributed by atoms with van der Waals surface area (Å²) in [4.78, 5) is 13.6. The van der Waals surface area contributed by atoms with E-state index in [0.29, 0.717) is 39.8 Å². The lowest BCUT2D eigenvalue weighted by atomic mass is 10.1. The Labute approximate surface area is 203 Å². The summed E-state index contributed by atoms with van der Waals surface area (Å²) in [5.74, 6) is 1.05. The van der Waals surface area contributed by atoms with Crippen molar-refractivity contribution in [2.75, 3.05) is 55.3 Å². The molecule has 1 saturated heterocycles. The Morgan fingerprint density at radius 1 is 0.938 bits per heavy atom. The van der Waals surface area contributed by atoms with Crippen molar-refractivity contribution in [3.05, 3.63) is 69.3 Å². The summed E-state index contributed by atoms with van der Waals surface area (Å²) in [5, 5.41) is 8.24. The van der Waals surface area contributed by atoms with E-state index in [-0.39, 0.29) is 0 Å². The van der Waals surface area contributed by atoms with Gasteiger partial charge in [-0.05, 0) is 55.4 Å². The van der Waals surface area contributed by atoms with Crippen LogP contribution in [0.2, 0.25) is 15.1 Å². The second-order valence-corrected chi connectivity index (χ2v) is 9.02. The first kappa shape index (κ1) is 22.9. The molecule has 0 unspecified atom stereocenters. The third-order valence-electron chi connectivity index (χ3n) is 5.44. The van der Waals surface area contributed by atoms with Crippen LogP contribution in [0.5, 0.6) is 0 Å². The van der Waals surface area contributed by atoms with Crippen molar-refractivity contribution in [1.29, 1.82) is 0 Å². The van der Waals surface area contributed by atoms with E-state index in [4.69, 9.17) is 34.8 Å². The topological polar surface area (TPSA) is 56.3 Å². The predicted octanol–water partition coefficient (Wildman–Crippen LogP) is 5.59. The van der Waals surface area contributed by atoms with E-state index in [1.165, 1.54) is 5.69 Å². The Bertz CT molecular complexity index is 1050. The average Bonchev–Trinajstić information content (AvgIpc) is 2.78. The number of likely N-dealkylation sites (N-methyl/N-ethyl adjacent to an activating group) is 1. The standard InChI is InChI=1S/C23H25Cl3N6/c1-31-10-12-32(13-11-31)19-6-4-18(5-7-19)29-23-28-15-21(26)22(30-23)27-9-8-16-2-3-17(24)14-20(16)25/h2-7,14-15H,8-13H2,1H3,(H2,27,28,29,30). The smallest absolute Gasteiger partial charge is 0.229 e. The summed E-state index contributed by atoms with van der Waals surface area (Å²) >= 11 is 18.5. The largest absolute Gasteiger partial charge is 0.369 e. The van der Waals surface area contributed by atoms with Crippen LogP contribution < -0.4 is 15.5 Å². The van der Waals surface area contributed by atoms with Gasteiger partial charge in [-0.3, -0.25) is 0 Å². The monoisotopic (exact) mass is 490 g/mol. The van der Waals surface area contributed by atoms with Crippen molar-refractivity contribution in [3.63, 3.8) is 0 Å². The number of rotatable bonds is 7. The maximum Gasteiger partial charge on any atom is 0.229 e. The molecule has 0 saturated carbocycles. The molecule has 0 bridgehead atoms. The van der Waals surface area contributed by atoms with Crippen LogP contribution in [0.4, 0.5) is 23.1 Å². The van der Waals surface area contributed by atoms with Gasteiger partial charge >= 0.3 is 0 Å². The van der Waals surface area contributed by atoms with Crippen LogP contribution in [0.3, 0.4) is 0 Å². The van der Waals surface area contributed by atoms with Crippen LogP contribution in [0.15, 0.2) is 48.7 Å². The molecular formula is C23H25Cl3N6. The molecular weight excluding hydrogens is 467 g/mol. The van der Waals surface area contributed by atoms with E-state index in [9.17, 15) is 0 Å². The van der Waals surface area contributed by atoms with Crippen LogP contribution in [0.1, 0.15) is 5.56 Å². The van der Waals surface area contributed by atoms with Crippen molar-refractivity contribution in [2.45, 2.75) is 6.42 Å². The summed E-state index contributed by atoms with van der Waals surface area (Å²) in [6.45, 7) is 4.87. The first-order chi connectivity index (χ1) is 15.5. The molecule has 0 aliphatic carbocycles. The number of aromatic nitrogens is 2. The van der Waals surface area contributed by atoms with E-state index in [1.807, 2.05) is 24.3 Å². The molecule has 1 aromatic heterocycles. The third kappa shape index (κ3) is 5.95. The molecule has 1 aliphatic rings. The number of hydrogen-bond acceptors (Lipinski definition) is 6. The second-order valence-electron chi connectivity index (χ2n) is 7.76. The minimum atomic E-state index is 0.461. The van der Waals surface area contributed by atoms with Crippen molar-refractivity contribution < 1.29 is 0 Å². The van der Waals surface area contributed by atoms with Gasteiger partial charge in [0.05, 0.1) is 6.20 Å². The van der Waals surface area contributed by atoms with Gasteiger partial charge in [0.2, 0.25) is 5.95 Å². The third-order valence-corrected chi connectivity index (χ3v) is 6.30. The number of piperazine rings is 1. The van der Waals surface area contributed by atoms with Gasteiger partial charge in [-0.15, -0.1) is 0 Å². The van der Waals surface area contributed by atoms with Crippen molar-refractivity contribution >= 4 is 57.9 Å². The highest BCUT2D eigenvalue weighted by molar-refractivity contribution is 6.35. The highest BCUT2D eigenvalue weighted by atomic mass is 35.5. The van der Waals surface area contributed by atoms with Gasteiger partial charge < -0.3 is 20.4 Å². The lowest BCUT2D eigenvalue weighted by Gasteiger charge is -2.34. The number of benzene rings is 2. The highest BCUT2D eigenvalue weighted by Crippen LogP contribution is 2.25. The fourth-order valence-corrected chi connectivity index (χ4v) is 4.20. The van der Waals surface area contributed by atoms with E-state index in [2.05, 4.69) is 49.6 Å². The molecule has 32 heavy (non-hydrogen) atoms. The zero-order chi connectivity index (χ0) is 22.5. The predicted molar refractivity (Wildman–Crippen MR) is 135 cm³/mol. The first-order valence-corrected chi connectivity index (χ1v) is 11.6. The lowest BCUT2D eigenvalue weighted by molar-refractivity contribution is 0.313. The quantitative estimate of drug-likeness (QED) is 0.449. The van der Waals surface area contributed by atoms with Gasteiger partial charge in [0.25, 0.3) is 0 Å². The zero-order valence-corrected chi connectivity index (χ0v) is 20.1. The van der Waals surface area contributed by atoms with Crippen molar-refractivity contribution in [1.82, 2.24) is 14.9 Å². The fourth-order valence-electron chi connectivity index (χ4n) is 3.54. The normalized spacial score (nSPS) is 14.4. The van der Waals surface area contributed by atoms with Gasteiger partial charge in [-0.2, -0.15) is 4.98 Å². The summed E-state index contributed by atoms with van der Waals surface area (Å²) < 4.78 is 0. The Morgan fingerprint density at radius 2 is 1.69 bits per heavy atom. The van der Waals surface area contributed by atoms with E-state index in [1.54, 1.807) is 12.3 Å². The molecule has 1 aliphatic heterocycles. The van der Waals surface area contributed by atoms with E-state index in [0.717, 1.165) is 37.4 Å². The number of anilines is 4. The van der Waals surface area contributed by atoms with Crippen molar-refractivity contribution in [2.24, 2.45) is 0 Å². The lowest BCUT2D eigenvalue weighted by Crippen LogP contribution is -2.44. The van der Waals surface area contributed by atoms with Gasteiger partial charge in [0.1, 0.15) is 5.02 Å². The highest BCUT2D eigenvalue weighted by Gasteiger charge is 2.14. The second kappa shape index (κ2) is 10.6. The number of halogens is 3. The molecule has 3 aromatic rings. The Hall–Kier alpha value is -2.25. The molecule has 2 N–H and O–H groups in total. The summed E-state index contributed by atoms with van der Waals surface area (Å²) in [5.41, 5.74) is 3.15. The maximum atomic E-state index is 6.28. The molecule has 0 atom stereocenters. The molecule has 2 aromatic carbocycles. The maximum absolute atomic E-state index is 6.28. The average molecular weight is 492 g/mol. The SMILES string of the molecule is CN1CCN(c2ccc(Nc3ncc(Cl)c(NCCc4ccc(Cl)cc4Cl)n3)cc2)CC1. The molecule has 0 spiro atoms. The molecule has 2 heterocycles. The minimum absolute atomic E-state index is 0.461. The number of nitrogens with zero attached hydrogens (tertiary/aromatic N) is 4. The van der Waals surface area contributed by atoms with Crippen LogP contribution in [-0.4, -0.2) is 54.6 Å². The molecule has 1 fully saturated rings. The first-order valence-electron chi connectivity index (χ1n) is 10.5. The molecule has 0 amide bonds. The van der Waals surface area contributed by atoms with Gasteiger partial charge in [0, 0.05) is 54.1 Å². The van der Waals surface area contributed by atoms with Crippen LogP contribution in [0, 0.1) is 0 Å². The molecule has 9 heteroatoms. The van der Waals surface area contributed by atoms with E-state index >= 15 is 0 Å². The summed E-state index contributed by atoms with van der Waals surface area (Å²) in [6, 6.07) is 13.8. The van der Waals surface area contributed by atoms with Crippen LogP contribution in [-0.2, 0) is 6.42 Å². The van der Waals surface area contributed by atoms with Gasteiger partial charge in [-0.25, -0.2) is 4.98 Å². The van der Waals surface area contributed by atoms with Crippen LogP contribution in [0.25, 0.3) is 0 Å². The fraction of sp³-hybridized carbons (Fsp3) is 0.304. The van der Waals surface area contributed by atoms with Crippen molar-refractivity contribution in [3.8, 4) is 0 Å². The Morgan fingerprint density at radius 3 is 2.41 bits per heavy atom. The zero-order valence-electron chi connectivity index (χ0n) is 17.8.